The number of carbonyl (C=O) groups excluding carboxylic acids is 4. The van der Waals surface area contributed by atoms with Crippen LogP contribution in [-0.4, -0.2) is 226 Å². The summed E-state index contributed by atoms with van der Waals surface area (Å²) in [5.74, 6) is 3.93. The average Bonchev–Trinajstić information content (AvgIpc) is 1.60. The van der Waals surface area contributed by atoms with Crippen LogP contribution < -0.4 is 54.8 Å². The van der Waals surface area contributed by atoms with Crippen LogP contribution in [-0.2, 0) is 96.0 Å². The van der Waals surface area contributed by atoms with Crippen LogP contribution in [0.2, 0.25) is 15.6 Å². The Bertz CT molecular complexity index is 6720. The maximum atomic E-state index is 12.4. The molecule has 732 valence electrons. The number of aliphatic hydroxyl groups is 2. The zero-order chi connectivity index (χ0) is 98.4. The summed E-state index contributed by atoms with van der Waals surface area (Å²) >= 11 is 17.2. The van der Waals surface area contributed by atoms with Gasteiger partial charge in [-0.3, -0.25) is 4.79 Å². The van der Waals surface area contributed by atoms with Gasteiger partial charge in [0.2, 0.25) is 23.1 Å². The standard InChI is InChI=1S/C22H27N5O4S.C21H24ClN5O4S.C21H27N5O3S.C16H21N3O4S.C5H4Cl2N2.CH2O3.CH4O.2CH4.Na/c1-12(2)19-20-25-16-9-15(21(28)31-5)18(32(6,29)30)10-17(16)26(20)7-8-27(19)22-23-11-13(3)14(4)24-22;1-11(2)17-19-24-14-8-13(20(28)31-4)16(32(5,29)30)9-15(14)26(19)6-7-27(17)21-23-10-12(3)18(22)25-21;1-12(2)19-20-24-16-8-15(11-27)18(30(5,28)29)9-17(16)25(20)6-7-26(19)21-22-10-13(3)14(4)23-21;1-9(2)14-15-18-11-7-10(16(20)23-3)13(24(4,21)22)8-12(11)19(15)6-5-17-14;1-3-2-8-5(7)9-4(3)6;2-1-4-3;1-2;;;/h9-12,19H,7-8H2,1-6H3;8-11,17H,6-7H2,1-5H3;8-10,12,19,27H,6-7,11H2,1-5H3;7-9,14,17H,5-6H2,1-4H3;2H,1H3;1,3H;2H,1H3;2*1H4;/q;;;;;;;;;+1/p-1/t19-;17-;19-;14-;;;;;;/m1111....../s1. The van der Waals surface area contributed by atoms with Crippen molar-refractivity contribution in [1.29, 1.82) is 0 Å². The molecule has 0 unspecified atom stereocenters. The molecule has 16 rings (SSSR count). The van der Waals surface area contributed by atoms with E-state index in [9.17, 15) is 53.2 Å². The number of nitrogens with zero attached hydrogens (tertiary/aromatic N) is 19. The van der Waals surface area contributed by atoms with Crippen LogP contribution in [0.4, 0.5) is 17.8 Å². The molecular weight excluding hydrogens is 1910 g/mol. The molecule has 0 saturated carbocycles. The minimum Gasteiger partial charge on any atom is -0.662 e. The second kappa shape index (κ2) is 46.6. The molecule has 4 atom stereocenters. The van der Waals surface area contributed by atoms with Crippen molar-refractivity contribution < 1.29 is 117 Å². The van der Waals surface area contributed by atoms with E-state index in [0.717, 1.165) is 107 Å². The van der Waals surface area contributed by atoms with E-state index in [4.69, 9.17) is 84.1 Å². The molecule has 0 bridgehead atoms. The van der Waals surface area contributed by atoms with Crippen LogP contribution >= 0.6 is 34.8 Å². The zero-order valence-corrected chi connectivity index (χ0v) is 86.1. The van der Waals surface area contributed by atoms with Crippen LogP contribution in [0.25, 0.3) is 44.1 Å². The first kappa shape index (κ1) is 113. The SMILES string of the molecule is C.C.CO.COC(=O)c1cc2nc3n(c2cc1S(C)(=O)=O)CCN(c1ncc(C)c(C)n1)[C@@H]3C(C)C.COC(=O)c1cc2nc3n(c2cc1S(C)(=O)=O)CCN(c1ncc(C)c(Cl)n1)[C@@H]3C(C)C.COC(=O)c1cc2nc3n(c2cc1S(C)(=O)=O)CCN[C@@H]3C(C)C.Cc1cnc(Cl)nc1Cl.Cc1cnc(N2CCn3c(nc4cc(CO)c(S(C)(=O)=O)cc43)[C@H]2C(C)C)nc1C.O=CO[O-].[Na+]. The summed E-state index contributed by atoms with van der Waals surface area (Å²) < 4.78 is 121. The molecular formula is C89H116Cl3N20NaO19S4. The van der Waals surface area contributed by atoms with Crippen LogP contribution in [0.3, 0.4) is 0 Å². The zero-order valence-electron chi connectivity index (χ0n) is 78.6. The Labute approximate surface area is 828 Å². The fraction of sp³-hybridized carbons (Fsp3) is 0.461. The number of benzene rings is 4. The number of aryl methyl sites for hydroxylation is 6. The number of halogens is 3. The first-order valence-electron chi connectivity index (χ1n) is 41.8. The summed E-state index contributed by atoms with van der Waals surface area (Å²) in [5, 5.41) is 29.6. The number of hydrogen-bond donors (Lipinski definition) is 3. The number of nitrogens with one attached hydrogen (secondary N) is 1. The summed E-state index contributed by atoms with van der Waals surface area (Å²) in [4.78, 5) is 108. The van der Waals surface area contributed by atoms with Crippen molar-refractivity contribution in [2.24, 2.45) is 23.7 Å². The third-order valence-corrected chi connectivity index (χ3v) is 28.2. The van der Waals surface area contributed by atoms with Gasteiger partial charge in [0.15, 0.2) is 39.3 Å². The molecule has 3 N–H and O–H groups in total. The molecule has 0 amide bonds. The first-order chi connectivity index (χ1) is 62.5. The summed E-state index contributed by atoms with van der Waals surface area (Å²) in [6, 6.07) is 12.2. The van der Waals surface area contributed by atoms with Gasteiger partial charge in [-0.1, -0.05) is 93.4 Å². The monoisotopic (exact) mass is 2020 g/mol. The number of aliphatic hydroxyl groups excluding tert-OH is 2. The van der Waals surface area contributed by atoms with E-state index in [1.165, 1.54) is 57.7 Å². The van der Waals surface area contributed by atoms with Gasteiger partial charge in [0.05, 0.1) is 133 Å². The number of rotatable bonds is 16. The fourth-order valence-corrected chi connectivity index (χ4v) is 20.1. The maximum Gasteiger partial charge on any atom is 1.00 e. The van der Waals surface area contributed by atoms with E-state index in [-0.39, 0.29) is 141 Å². The van der Waals surface area contributed by atoms with Crippen molar-refractivity contribution in [3.8, 4) is 0 Å². The number of aromatic nitrogens is 16. The molecule has 0 fully saturated rings. The molecule has 0 radical (unpaired) electrons. The molecule has 12 aromatic rings. The Morgan fingerprint density at radius 1 is 0.441 bits per heavy atom. The van der Waals surface area contributed by atoms with Gasteiger partial charge in [-0.25, -0.2) is 108 Å². The third kappa shape index (κ3) is 24.6. The number of imidazole rings is 4. The number of hydrogen-bond acceptors (Lipinski definition) is 35. The first-order valence-corrected chi connectivity index (χ1v) is 50.5. The Morgan fingerprint density at radius 3 is 1.01 bits per heavy atom. The van der Waals surface area contributed by atoms with Crippen molar-refractivity contribution in [2.75, 3.05) is 94.3 Å². The molecule has 4 aliphatic heterocycles. The Balaban J connectivity index is 0.000000234. The molecule has 8 aromatic heterocycles. The van der Waals surface area contributed by atoms with Crippen LogP contribution in [0.5, 0.6) is 0 Å². The van der Waals surface area contributed by atoms with Gasteiger partial charge in [0, 0.05) is 132 Å². The minimum atomic E-state index is -3.66. The molecule has 0 spiro atoms. The molecule has 4 aromatic carbocycles. The molecule has 12 heterocycles. The quantitative estimate of drug-likeness (QED) is 0.0119. The van der Waals surface area contributed by atoms with Crippen LogP contribution in [0, 0.1) is 65.2 Å². The Morgan fingerprint density at radius 2 is 0.735 bits per heavy atom. The maximum absolute atomic E-state index is 12.4. The van der Waals surface area contributed by atoms with Gasteiger partial charge in [-0.05, 0) is 142 Å². The van der Waals surface area contributed by atoms with Crippen LogP contribution in [0.15, 0.2) is 92.9 Å². The summed E-state index contributed by atoms with van der Waals surface area (Å²) in [5.41, 5.74) is 11.2. The van der Waals surface area contributed by atoms with Crippen LogP contribution in [0.1, 0.15) is 188 Å². The van der Waals surface area contributed by atoms with Crippen molar-refractivity contribution >= 4 is 161 Å². The van der Waals surface area contributed by atoms with E-state index < -0.39 is 57.3 Å². The topological polar surface area (TPSA) is 501 Å². The fourth-order valence-electron chi connectivity index (χ4n) is 16.1. The van der Waals surface area contributed by atoms with Gasteiger partial charge in [-0.15, -0.1) is 0 Å². The molecule has 0 saturated heterocycles. The predicted molar refractivity (Wildman–Crippen MR) is 512 cm³/mol. The summed E-state index contributed by atoms with van der Waals surface area (Å²) in [6.45, 7) is 33.1. The molecule has 39 nitrogen and oxygen atoms in total. The number of fused-ring (bicyclic) bond motifs is 12. The van der Waals surface area contributed by atoms with Gasteiger partial charge in [0.1, 0.15) is 33.6 Å². The predicted octanol–water partition coefficient (Wildman–Crippen LogP) is 8.54. The third-order valence-electron chi connectivity index (χ3n) is 22.6. The van der Waals surface area contributed by atoms with E-state index in [0.29, 0.717) is 119 Å². The number of ether oxygens (including phenoxy) is 3. The van der Waals surface area contributed by atoms with Gasteiger partial charge in [-0.2, -0.15) is 0 Å². The van der Waals surface area contributed by atoms with E-state index in [1.807, 2.05) is 67.6 Å². The summed E-state index contributed by atoms with van der Waals surface area (Å²) in [7, 11) is -9.67. The summed E-state index contributed by atoms with van der Waals surface area (Å²) in [6.07, 6.45) is 11.4. The molecule has 4 aliphatic rings. The normalized spacial score (nSPS) is 15.5. The largest absolute Gasteiger partial charge is 1.00 e. The van der Waals surface area contributed by atoms with Gasteiger partial charge in [0.25, 0.3) is 6.47 Å². The molecule has 0 aliphatic carbocycles. The van der Waals surface area contributed by atoms with Crippen molar-refractivity contribution in [3.05, 3.63) is 168 Å². The Kier molecular flexibility index (Phi) is 38.6. The number of sulfone groups is 4. The van der Waals surface area contributed by atoms with E-state index >= 15 is 0 Å². The van der Waals surface area contributed by atoms with E-state index in [2.05, 4.69) is 125 Å². The minimum absolute atomic E-state index is 0. The number of esters is 3. The smallest absolute Gasteiger partial charge is 0.662 e. The van der Waals surface area contributed by atoms with Crippen molar-refractivity contribution in [3.63, 3.8) is 0 Å². The second-order valence-corrected chi connectivity index (χ2v) is 42.3. The number of methoxy groups -OCH3 is 3. The van der Waals surface area contributed by atoms with Crippen molar-refractivity contribution in [2.45, 2.75) is 188 Å². The van der Waals surface area contributed by atoms with Crippen molar-refractivity contribution in [1.82, 2.24) is 83.4 Å². The number of anilines is 3. The average molecular weight is 2030 g/mol. The number of carbonyl (C=O) groups is 4. The Hall–Kier alpha value is -10.1. The van der Waals surface area contributed by atoms with Gasteiger partial charge >= 0.3 is 47.5 Å². The second-order valence-electron chi connectivity index (χ2n) is 33.3. The van der Waals surface area contributed by atoms with Gasteiger partial charge < -0.3 is 72.9 Å². The van der Waals surface area contributed by atoms with E-state index in [1.54, 1.807) is 24.5 Å². The molecule has 136 heavy (non-hydrogen) atoms. The molecule has 47 heteroatoms.